The second-order valence-corrected chi connectivity index (χ2v) is 6.16. The average molecular weight is 323 g/mol. The van der Waals surface area contributed by atoms with Crippen molar-refractivity contribution in [3.63, 3.8) is 0 Å². The van der Waals surface area contributed by atoms with Crippen molar-refractivity contribution in [1.82, 2.24) is 5.32 Å². The van der Waals surface area contributed by atoms with Gasteiger partial charge in [-0.2, -0.15) is 0 Å². The number of rotatable bonds is 4. The Balaban J connectivity index is 1.61. The van der Waals surface area contributed by atoms with Gasteiger partial charge in [-0.15, -0.1) is 0 Å². The first-order chi connectivity index (χ1) is 11.8. The van der Waals surface area contributed by atoms with Crippen LogP contribution >= 0.6 is 0 Å². The summed E-state index contributed by atoms with van der Waals surface area (Å²) in [6, 6.07) is 16.6. The predicted octanol–water partition coefficient (Wildman–Crippen LogP) is 3.93. The van der Waals surface area contributed by atoms with E-state index in [1.807, 2.05) is 12.1 Å². The Bertz CT molecular complexity index is 840. The summed E-state index contributed by atoms with van der Waals surface area (Å²) in [5, 5.41) is 15.1. The smallest absolute Gasteiger partial charge is 0.131 e. The Labute approximate surface area is 141 Å². The molecule has 1 aliphatic rings. The minimum absolute atomic E-state index is 0.0634. The number of furan rings is 1. The van der Waals surface area contributed by atoms with Crippen molar-refractivity contribution in [2.75, 3.05) is 6.61 Å². The van der Waals surface area contributed by atoms with Gasteiger partial charge < -0.3 is 19.6 Å². The van der Waals surface area contributed by atoms with Crippen LogP contribution in [0.2, 0.25) is 0 Å². The lowest BCUT2D eigenvalue weighted by Crippen LogP contribution is -2.20. The number of hydrogen-bond acceptors (Lipinski definition) is 4. The summed E-state index contributed by atoms with van der Waals surface area (Å²) in [6.45, 7) is 1.32. The van der Waals surface area contributed by atoms with E-state index in [2.05, 4.69) is 41.7 Å². The van der Waals surface area contributed by atoms with Gasteiger partial charge in [-0.05, 0) is 30.4 Å². The molecule has 4 heteroatoms. The first-order valence-corrected chi connectivity index (χ1v) is 8.41. The van der Waals surface area contributed by atoms with Crippen LogP contribution in [0.15, 0.2) is 52.9 Å². The third-order valence-corrected chi connectivity index (χ3v) is 4.56. The monoisotopic (exact) mass is 323 g/mol. The summed E-state index contributed by atoms with van der Waals surface area (Å²) in [6.07, 6.45) is 2.04. The van der Waals surface area contributed by atoms with Crippen LogP contribution in [0.3, 0.4) is 0 Å². The number of aliphatic hydroxyl groups is 1. The highest BCUT2D eigenvalue weighted by Crippen LogP contribution is 2.37. The number of aliphatic hydroxyl groups excluding tert-OH is 1. The molecule has 0 radical (unpaired) electrons. The van der Waals surface area contributed by atoms with Crippen molar-refractivity contribution in [2.45, 2.75) is 32.0 Å². The highest BCUT2D eigenvalue weighted by atomic mass is 16.5. The van der Waals surface area contributed by atoms with Crippen LogP contribution in [0.4, 0.5) is 0 Å². The summed E-state index contributed by atoms with van der Waals surface area (Å²) in [5.41, 5.74) is 1.21. The second-order valence-electron chi connectivity index (χ2n) is 6.16. The van der Waals surface area contributed by atoms with Gasteiger partial charge in [0.15, 0.2) is 0 Å². The van der Waals surface area contributed by atoms with Gasteiger partial charge in [-0.25, -0.2) is 0 Å². The molecule has 0 amide bonds. The lowest BCUT2D eigenvalue weighted by Gasteiger charge is -2.19. The summed E-state index contributed by atoms with van der Waals surface area (Å²) < 4.78 is 11.6. The fourth-order valence-electron chi connectivity index (χ4n) is 3.35. The number of benzene rings is 2. The van der Waals surface area contributed by atoms with E-state index in [9.17, 15) is 0 Å². The zero-order valence-corrected chi connectivity index (χ0v) is 13.5. The van der Waals surface area contributed by atoms with E-state index in [0.29, 0.717) is 12.3 Å². The molecule has 0 spiro atoms. The maximum absolute atomic E-state index is 9.11. The van der Waals surface area contributed by atoms with Crippen molar-refractivity contribution in [1.29, 1.82) is 0 Å². The van der Waals surface area contributed by atoms with Gasteiger partial charge >= 0.3 is 0 Å². The summed E-state index contributed by atoms with van der Waals surface area (Å²) in [5.74, 6) is 2.44. The molecule has 3 aromatic rings. The molecular weight excluding hydrogens is 302 g/mol. The average Bonchev–Trinajstić information content (AvgIpc) is 2.99. The van der Waals surface area contributed by atoms with Gasteiger partial charge in [0.05, 0.1) is 13.2 Å². The molecule has 0 saturated carbocycles. The Morgan fingerprint density at radius 3 is 2.79 bits per heavy atom. The lowest BCUT2D eigenvalue weighted by atomic mass is 9.98. The number of ether oxygens (including phenoxy) is 1. The number of hydrogen-bond donors (Lipinski definition) is 2. The third kappa shape index (κ3) is 2.90. The maximum atomic E-state index is 9.11. The van der Waals surface area contributed by atoms with Crippen LogP contribution in [0.1, 0.15) is 36.0 Å². The van der Waals surface area contributed by atoms with Gasteiger partial charge in [-0.3, -0.25) is 0 Å². The quantitative estimate of drug-likeness (QED) is 0.764. The SMILES string of the molecule is OCc1ccc(CNC2CCCOc3c2ccc2ccccc32)o1. The molecule has 24 heavy (non-hydrogen) atoms. The first-order valence-electron chi connectivity index (χ1n) is 8.41. The van der Waals surface area contributed by atoms with E-state index in [-0.39, 0.29) is 12.6 Å². The standard InChI is InChI=1S/C20H21NO3/c22-13-16-9-8-15(24-16)12-21-19-6-3-11-23-20-17-5-2-1-4-14(17)7-10-18(19)20/h1-2,4-5,7-10,19,21-22H,3,6,11-13H2. The number of fused-ring (bicyclic) bond motifs is 3. The van der Waals surface area contributed by atoms with Gasteiger partial charge in [0, 0.05) is 17.0 Å². The summed E-state index contributed by atoms with van der Waals surface area (Å²) in [7, 11) is 0. The molecule has 124 valence electrons. The van der Waals surface area contributed by atoms with Crippen molar-refractivity contribution < 1.29 is 14.3 Å². The molecular formula is C20H21NO3. The Hall–Kier alpha value is -2.30. The molecule has 4 rings (SSSR count). The van der Waals surface area contributed by atoms with E-state index >= 15 is 0 Å². The molecule has 1 unspecified atom stereocenters. The molecule has 0 bridgehead atoms. The molecule has 0 aliphatic carbocycles. The number of nitrogens with one attached hydrogen (secondary N) is 1. The molecule has 2 aromatic carbocycles. The topological polar surface area (TPSA) is 54.6 Å². The molecule has 0 fully saturated rings. The zero-order valence-electron chi connectivity index (χ0n) is 13.5. The van der Waals surface area contributed by atoms with E-state index in [1.54, 1.807) is 0 Å². The van der Waals surface area contributed by atoms with Crippen molar-refractivity contribution in [3.05, 3.63) is 65.6 Å². The van der Waals surface area contributed by atoms with Crippen molar-refractivity contribution in [3.8, 4) is 5.75 Å². The van der Waals surface area contributed by atoms with Gasteiger partial charge in [0.2, 0.25) is 0 Å². The predicted molar refractivity (Wildman–Crippen MR) is 92.9 cm³/mol. The van der Waals surface area contributed by atoms with E-state index in [1.165, 1.54) is 16.3 Å². The van der Waals surface area contributed by atoms with E-state index in [0.717, 1.165) is 31.0 Å². The first kappa shape index (κ1) is 15.2. The molecule has 0 saturated heterocycles. The zero-order chi connectivity index (χ0) is 16.4. The van der Waals surface area contributed by atoms with E-state index in [4.69, 9.17) is 14.3 Å². The molecule has 2 heterocycles. The minimum Gasteiger partial charge on any atom is -0.493 e. The fraction of sp³-hybridized carbons (Fsp3) is 0.300. The summed E-state index contributed by atoms with van der Waals surface area (Å²) >= 11 is 0. The molecule has 1 atom stereocenters. The highest BCUT2D eigenvalue weighted by molar-refractivity contribution is 5.89. The summed E-state index contributed by atoms with van der Waals surface area (Å²) in [4.78, 5) is 0. The highest BCUT2D eigenvalue weighted by Gasteiger charge is 2.21. The van der Waals surface area contributed by atoms with Crippen LogP contribution < -0.4 is 10.1 Å². The van der Waals surface area contributed by atoms with Crippen molar-refractivity contribution in [2.24, 2.45) is 0 Å². The van der Waals surface area contributed by atoms with Crippen molar-refractivity contribution >= 4 is 10.8 Å². The van der Waals surface area contributed by atoms with Gasteiger partial charge in [0.25, 0.3) is 0 Å². The Morgan fingerprint density at radius 2 is 1.92 bits per heavy atom. The van der Waals surface area contributed by atoms with Crippen LogP contribution in [-0.2, 0) is 13.2 Å². The normalized spacial score (nSPS) is 17.3. The molecule has 1 aliphatic heterocycles. The van der Waals surface area contributed by atoms with Crippen LogP contribution in [0.5, 0.6) is 5.75 Å². The van der Waals surface area contributed by atoms with Crippen LogP contribution in [-0.4, -0.2) is 11.7 Å². The lowest BCUT2D eigenvalue weighted by molar-refractivity contribution is 0.242. The minimum atomic E-state index is -0.0634. The molecule has 4 nitrogen and oxygen atoms in total. The second kappa shape index (κ2) is 6.67. The third-order valence-electron chi connectivity index (χ3n) is 4.56. The van der Waals surface area contributed by atoms with Crippen LogP contribution in [0.25, 0.3) is 10.8 Å². The largest absolute Gasteiger partial charge is 0.493 e. The fourth-order valence-corrected chi connectivity index (χ4v) is 3.35. The molecule has 2 N–H and O–H groups in total. The van der Waals surface area contributed by atoms with Gasteiger partial charge in [0.1, 0.15) is 23.9 Å². The van der Waals surface area contributed by atoms with Crippen LogP contribution in [0, 0.1) is 0 Å². The molecule has 1 aromatic heterocycles. The Kier molecular flexibility index (Phi) is 4.24. The maximum Gasteiger partial charge on any atom is 0.131 e. The Morgan fingerprint density at radius 1 is 1.04 bits per heavy atom. The van der Waals surface area contributed by atoms with E-state index < -0.39 is 0 Å². The van der Waals surface area contributed by atoms with Gasteiger partial charge in [-0.1, -0.05) is 36.4 Å².